The highest BCUT2D eigenvalue weighted by Gasteiger charge is 2.22. The Morgan fingerprint density at radius 1 is 0.750 bits per heavy atom. The molecule has 0 amide bonds. The molecule has 0 bridgehead atoms. The van der Waals surface area contributed by atoms with Crippen LogP contribution in [0.2, 0.25) is 0 Å². The Hall–Kier alpha value is -2.87. The first-order chi connectivity index (χ1) is 19.5. The summed E-state index contributed by atoms with van der Waals surface area (Å²) in [5.41, 5.74) is 7.83. The van der Waals surface area contributed by atoms with Gasteiger partial charge in [-0.15, -0.1) is 0 Å². The first-order valence-electron chi connectivity index (χ1n) is 16.1. The van der Waals surface area contributed by atoms with E-state index in [1.807, 2.05) is 0 Å². The van der Waals surface area contributed by atoms with E-state index in [9.17, 15) is 4.79 Å². The number of carboxylic acids is 1. The highest BCUT2D eigenvalue weighted by Crippen LogP contribution is 2.39. The molecule has 1 saturated carbocycles. The summed E-state index contributed by atoms with van der Waals surface area (Å²) >= 11 is 0. The molecule has 2 nitrogen and oxygen atoms in total. The number of hydrogen-bond acceptors (Lipinski definition) is 1. The molecule has 2 heteroatoms. The second kappa shape index (κ2) is 15.8. The van der Waals surface area contributed by atoms with E-state index in [1.165, 1.54) is 104 Å². The van der Waals surface area contributed by atoms with Crippen LogP contribution in [0.3, 0.4) is 0 Å². The Morgan fingerprint density at radius 3 is 1.93 bits per heavy atom. The van der Waals surface area contributed by atoms with Gasteiger partial charge in [-0.25, -0.2) is 0 Å². The third-order valence-corrected chi connectivity index (χ3v) is 9.22. The number of unbranched alkanes of at least 4 members (excludes halogenated alkanes) is 5. The zero-order chi connectivity index (χ0) is 28.2. The summed E-state index contributed by atoms with van der Waals surface area (Å²) in [6.45, 7) is 4.08. The Labute approximate surface area is 243 Å². The minimum Gasteiger partial charge on any atom is -0.481 e. The molecule has 214 valence electrons. The second-order valence-electron chi connectivity index (χ2n) is 12.3. The molecular weight excluding hydrogens is 488 g/mol. The van der Waals surface area contributed by atoms with Gasteiger partial charge in [-0.3, -0.25) is 4.79 Å². The van der Waals surface area contributed by atoms with Crippen molar-refractivity contribution in [2.45, 2.75) is 110 Å². The normalized spacial score (nSPS) is 17.9. The van der Waals surface area contributed by atoms with Crippen molar-refractivity contribution < 1.29 is 9.90 Å². The molecule has 1 aliphatic rings. The van der Waals surface area contributed by atoms with Gasteiger partial charge in [0.2, 0.25) is 0 Å². The van der Waals surface area contributed by atoms with Crippen LogP contribution in [0.1, 0.15) is 114 Å². The molecular formula is C38H50O2. The molecule has 0 aliphatic heterocycles. The average Bonchev–Trinajstić information content (AvgIpc) is 2.99. The van der Waals surface area contributed by atoms with Crippen molar-refractivity contribution in [3.8, 4) is 22.3 Å². The van der Waals surface area contributed by atoms with E-state index in [4.69, 9.17) is 5.11 Å². The predicted molar refractivity (Wildman–Crippen MR) is 170 cm³/mol. The second-order valence-corrected chi connectivity index (χ2v) is 12.3. The number of carbonyl (C=O) groups is 1. The third kappa shape index (κ3) is 8.82. The number of aryl methyl sites for hydroxylation is 1. The third-order valence-electron chi connectivity index (χ3n) is 9.22. The topological polar surface area (TPSA) is 37.3 Å². The number of rotatable bonds is 15. The molecule has 0 heterocycles. The summed E-state index contributed by atoms with van der Waals surface area (Å²) in [4.78, 5) is 11.1. The number of hydrogen-bond donors (Lipinski definition) is 1. The summed E-state index contributed by atoms with van der Waals surface area (Å²) in [5.74, 6) is 0.693. The molecule has 40 heavy (non-hydrogen) atoms. The van der Waals surface area contributed by atoms with E-state index in [1.54, 1.807) is 6.92 Å². The first kappa shape index (κ1) is 30.1. The van der Waals surface area contributed by atoms with Crippen molar-refractivity contribution in [1.29, 1.82) is 0 Å². The molecule has 3 aromatic carbocycles. The monoisotopic (exact) mass is 538 g/mol. The zero-order valence-electron chi connectivity index (χ0n) is 24.9. The molecule has 1 aliphatic carbocycles. The largest absolute Gasteiger partial charge is 0.481 e. The lowest BCUT2D eigenvalue weighted by molar-refractivity contribution is -0.141. The summed E-state index contributed by atoms with van der Waals surface area (Å²) in [7, 11) is 0. The highest BCUT2D eigenvalue weighted by molar-refractivity contribution is 5.83. The molecule has 0 aromatic heterocycles. The van der Waals surface area contributed by atoms with E-state index < -0.39 is 5.97 Å². The Balaban J connectivity index is 1.31. The fourth-order valence-electron chi connectivity index (χ4n) is 6.51. The lowest BCUT2D eigenvalue weighted by Gasteiger charge is -2.29. The summed E-state index contributed by atoms with van der Waals surface area (Å²) in [5, 5.41) is 9.10. The van der Waals surface area contributed by atoms with Gasteiger partial charge in [-0.2, -0.15) is 0 Å². The van der Waals surface area contributed by atoms with Gasteiger partial charge in [0, 0.05) is 0 Å². The standard InChI is InChI=1S/C38H50O2/c1-3-4-5-6-7-8-13-30-17-21-32(22-18-30)33-25-27-35(28-26-33)37-16-10-9-15-36(37)34-23-19-31(20-24-34)14-11-12-29(2)38(39)40/h9-10,15-16,19-20,23-30,32H,3-8,11-14,17-18,21-22H2,1-2H3,(H,39,40)/t29?,30-,32-. The predicted octanol–water partition coefficient (Wildman–Crippen LogP) is 11.1. The van der Waals surface area contributed by atoms with Crippen molar-refractivity contribution in [3.05, 3.63) is 83.9 Å². The summed E-state index contributed by atoms with van der Waals surface area (Å²) in [6.07, 6.45) is 17.9. The van der Waals surface area contributed by atoms with E-state index in [0.29, 0.717) is 0 Å². The van der Waals surface area contributed by atoms with Crippen LogP contribution in [-0.2, 0) is 11.2 Å². The van der Waals surface area contributed by atoms with Gasteiger partial charge >= 0.3 is 5.97 Å². The van der Waals surface area contributed by atoms with E-state index in [0.717, 1.165) is 31.1 Å². The molecule has 0 radical (unpaired) electrons. The first-order valence-corrected chi connectivity index (χ1v) is 16.1. The zero-order valence-corrected chi connectivity index (χ0v) is 24.9. The molecule has 4 rings (SSSR count). The summed E-state index contributed by atoms with van der Waals surface area (Å²) < 4.78 is 0. The Bertz CT molecular complexity index is 1150. The quantitative estimate of drug-likeness (QED) is 0.195. The lowest BCUT2D eigenvalue weighted by Crippen LogP contribution is -2.13. The smallest absolute Gasteiger partial charge is 0.306 e. The molecule has 0 spiro atoms. The molecule has 0 saturated heterocycles. The van der Waals surface area contributed by atoms with Crippen LogP contribution < -0.4 is 0 Å². The fourth-order valence-corrected chi connectivity index (χ4v) is 6.51. The minimum absolute atomic E-state index is 0.275. The van der Waals surface area contributed by atoms with Crippen LogP contribution >= 0.6 is 0 Å². The van der Waals surface area contributed by atoms with E-state index in [-0.39, 0.29) is 5.92 Å². The number of benzene rings is 3. The maximum atomic E-state index is 11.1. The van der Waals surface area contributed by atoms with Gasteiger partial charge in [-0.1, -0.05) is 132 Å². The van der Waals surface area contributed by atoms with Gasteiger partial charge in [0.15, 0.2) is 0 Å². The molecule has 1 N–H and O–H groups in total. The SMILES string of the molecule is CCCCCCCC[C@H]1CC[C@H](c2ccc(-c3ccccc3-c3ccc(CCCC(C)C(=O)O)cc3)cc2)CC1. The van der Waals surface area contributed by atoms with Crippen LogP contribution in [0.15, 0.2) is 72.8 Å². The van der Waals surface area contributed by atoms with Crippen molar-refractivity contribution in [2.75, 3.05) is 0 Å². The van der Waals surface area contributed by atoms with Gasteiger partial charge < -0.3 is 5.11 Å². The van der Waals surface area contributed by atoms with Crippen LogP contribution in [0.5, 0.6) is 0 Å². The molecule has 1 atom stereocenters. The maximum absolute atomic E-state index is 11.1. The highest BCUT2D eigenvalue weighted by atomic mass is 16.4. The van der Waals surface area contributed by atoms with E-state index >= 15 is 0 Å². The van der Waals surface area contributed by atoms with Crippen molar-refractivity contribution in [2.24, 2.45) is 11.8 Å². The van der Waals surface area contributed by atoms with Gasteiger partial charge in [-0.05, 0) is 90.2 Å². The van der Waals surface area contributed by atoms with Crippen LogP contribution in [0, 0.1) is 11.8 Å². The Morgan fingerprint density at radius 2 is 1.32 bits per heavy atom. The number of aliphatic carboxylic acids is 1. The average molecular weight is 539 g/mol. The molecule has 3 aromatic rings. The van der Waals surface area contributed by atoms with Gasteiger partial charge in [0.1, 0.15) is 0 Å². The maximum Gasteiger partial charge on any atom is 0.306 e. The van der Waals surface area contributed by atoms with Crippen LogP contribution in [0.4, 0.5) is 0 Å². The van der Waals surface area contributed by atoms with Crippen LogP contribution in [-0.4, -0.2) is 11.1 Å². The number of carboxylic acid groups (broad SMARTS) is 1. The van der Waals surface area contributed by atoms with Crippen molar-refractivity contribution >= 4 is 5.97 Å². The molecule has 1 fully saturated rings. The lowest BCUT2D eigenvalue weighted by atomic mass is 9.77. The Kier molecular flexibility index (Phi) is 11.9. The summed E-state index contributed by atoms with van der Waals surface area (Å²) in [6, 6.07) is 27.0. The van der Waals surface area contributed by atoms with Crippen LogP contribution in [0.25, 0.3) is 22.3 Å². The van der Waals surface area contributed by atoms with Crippen molar-refractivity contribution in [3.63, 3.8) is 0 Å². The van der Waals surface area contributed by atoms with Gasteiger partial charge in [0.25, 0.3) is 0 Å². The van der Waals surface area contributed by atoms with E-state index in [2.05, 4.69) is 79.7 Å². The van der Waals surface area contributed by atoms with Gasteiger partial charge in [0.05, 0.1) is 5.92 Å². The molecule has 1 unspecified atom stereocenters. The van der Waals surface area contributed by atoms with Crippen molar-refractivity contribution in [1.82, 2.24) is 0 Å². The minimum atomic E-state index is -0.703. The fraction of sp³-hybridized carbons (Fsp3) is 0.500.